The lowest BCUT2D eigenvalue weighted by molar-refractivity contribution is 0.179. The highest BCUT2D eigenvalue weighted by atomic mass is 31.2. The third-order valence-electron chi connectivity index (χ3n) is 1.58. The monoisotopic (exact) mass is 209 g/mol. The van der Waals surface area contributed by atoms with Crippen LogP contribution in [0.3, 0.4) is 0 Å². The summed E-state index contributed by atoms with van der Waals surface area (Å²) < 4.78 is 10.7. The molecule has 0 atom stereocenters. The fourth-order valence-corrected chi connectivity index (χ4v) is 1.95. The van der Waals surface area contributed by atoms with E-state index in [0.717, 1.165) is 0 Å². The average Bonchev–Trinajstić information content (AvgIpc) is 1.82. The first-order valence-corrected chi connectivity index (χ1v) is 5.67. The largest absolute Gasteiger partial charge is 0.413 e. The third kappa shape index (κ3) is 3.46. The zero-order valence-electron chi connectivity index (χ0n) is 8.26. The van der Waals surface area contributed by atoms with Gasteiger partial charge in [-0.05, 0) is 27.7 Å². The van der Waals surface area contributed by atoms with E-state index in [2.05, 4.69) is 0 Å². The number of amides is 1. The molecule has 0 aliphatic rings. The summed E-state index contributed by atoms with van der Waals surface area (Å²) in [5.74, 6) is 0. The van der Waals surface area contributed by atoms with Crippen LogP contribution < -0.4 is 0 Å². The second-order valence-corrected chi connectivity index (χ2v) is 4.89. The molecule has 5 nitrogen and oxygen atoms in total. The van der Waals surface area contributed by atoms with Crippen LogP contribution in [0, 0.1) is 0 Å². The molecule has 0 saturated carbocycles. The van der Waals surface area contributed by atoms with Crippen molar-refractivity contribution in [2.24, 2.45) is 0 Å². The summed E-state index contributed by atoms with van der Waals surface area (Å²) in [6.07, 6.45) is 0. The summed E-state index contributed by atoms with van der Waals surface area (Å²) in [4.78, 5) is 29.7. The molecule has 1 amide bonds. The topological polar surface area (TPSA) is 77.8 Å². The van der Waals surface area contributed by atoms with Gasteiger partial charge in [0.2, 0.25) is 0 Å². The number of hydrogen-bond donors (Lipinski definition) is 2. The maximum absolute atomic E-state index is 11.2. The Hall–Kier alpha value is -0.380. The zero-order chi connectivity index (χ0) is 10.8. The van der Waals surface area contributed by atoms with E-state index in [-0.39, 0.29) is 12.1 Å². The molecule has 0 bridgehead atoms. The normalized spacial score (nSPS) is 12.3. The van der Waals surface area contributed by atoms with Crippen molar-refractivity contribution in [2.75, 3.05) is 0 Å². The molecule has 0 saturated heterocycles. The molecular weight excluding hydrogens is 193 g/mol. The first kappa shape index (κ1) is 12.6. The lowest BCUT2D eigenvalue weighted by atomic mass is 10.2. The summed E-state index contributed by atoms with van der Waals surface area (Å²) in [5, 5.41) is 0. The van der Waals surface area contributed by atoms with Gasteiger partial charge in [-0.2, -0.15) is 0 Å². The van der Waals surface area contributed by atoms with E-state index in [1.165, 1.54) is 4.90 Å². The molecule has 0 unspecified atom stereocenters. The quantitative estimate of drug-likeness (QED) is 0.689. The van der Waals surface area contributed by atoms with E-state index in [4.69, 9.17) is 9.79 Å². The Morgan fingerprint density at radius 1 is 1.15 bits per heavy atom. The molecule has 6 heteroatoms. The maximum atomic E-state index is 11.2. The first-order chi connectivity index (χ1) is 5.68. The van der Waals surface area contributed by atoms with E-state index in [1.54, 1.807) is 27.7 Å². The molecule has 0 fully saturated rings. The molecule has 0 aliphatic carbocycles. The van der Waals surface area contributed by atoms with E-state index in [1.807, 2.05) is 0 Å². The van der Waals surface area contributed by atoms with Crippen molar-refractivity contribution in [1.82, 2.24) is 4.90 Å². The van der Waals surface area contributed by atoms with Crippen LogP contribution in [0.1, 0.15) is 27.7 Å². The molecule has 0 aromatic rings. The molecule has 0 aliphatic heterocycles. The minimum absolute atomic E-state index is 0.208. The van der Waals surface area contributed by atoms with Crippen molar-refractivity contribution in [1.29, 1.82) is 0 Å². The number of rotatable bonds is 3. The number of hydrogen-bond acceptors (Lipinski definition) is 2. The van der Waals surface area contributed by atoms with E-state index >= 15 is 0 Å². The van der Waals surface area contributed by atoms with Crippen LogP contribution in [0.4, 0.5) is 4.79 Å². The van der Waals surface area contributed by atoms with Gasteiger partial charge in [0.05, 0.1) is 0 Å². The molecule has 0 spiro atoms. The molecule has 78 valence electrons. The summed E-state index contributed by atoms with van der Waals surface area (Å²) in [6, 6.07) is -0.416. The smallest absolute Gasteiger partial charge is 0.327 e. The molecule has 13 heavy (non-hydrogen) atoms. The van der Waals surface area contributed by atoms with Crippen LogP contribution in [0.5, 0.6) is 0 Å². The fraction of sp³-hybridized carbons (Fsp3) is 0.857. The Morgan fingerprint density at radius 2 is 1.46 bits per heavy atom. The standard InChI is InChI=1S/C7H16NO4P/c1-5(2)8(6(3)4)7(9)13(10,11)12/h5-6H,1-4H3,(H2,10,11,12). The summed E-state index contributed by atoms with van der Waals surface area (Å²) in [7, 11) is -4.63. The molecule has 2 N–H and O–H groups in total. The minimum Gasteiger partial charge on any atom is -0.327 e. The lowest BCUT2D eigenvalue weighted by Gasteiger charge is -2.30. The van der Waals surface area contributed by atoms with Crippen LogP contribution in [-0.2, 0) is 4.57 Å². The van der Waals surface area contributed by atoms with Crippen LogP contribution in [0.15, 0.2) is 0 Å². The van der Waals surface area contributed by atoms with Gasteiger partial charge in [-0.25, -0.2) is 4.57 Å². The molecule has 0 rings (SSSR count). The highest BCUT2D eigenvalue weighted by Crippen LogP contribution is 2.39. The predicted octanol–water partition coefficient (Wildman–Crippen LogP) is 1.40. The van der Waals surface area contributed by atoms with Crippen LogP contribution in [0.2, 0.25) is 0 Å². The summed E-state index contributed by atoms with van der Waals surface area (Å²) in [5.41, 5.74) is -1.10. The molecule has 0 aromatic carbocycles. The van der Waals surface area contributed by atoms with Gasteiger partial charge in [-0.3, -0.25) is 4.79 Å². The predicted molar refractivity (Wildman–Crippen MR) is 49.6 cm³/mol. The van der Waals surface area contributed by atoms with E-state index < -0.39 is 13.2 Å². The first-order valence-electron chi connectivity index (χ1n) is 4.06. The van der Waals surface area contributed by atoms with Gasteiger partial charge in [0.25, 0.3) is 0 Å². The zero-order valence-corrected chi connectivity index (χ0v) is 9.15. The third-order valence-corrected chi connectivity index (χ3v) is 2.31. The minimum atomic E-state index is -4.63. The maximum Gasteiger partial charge on any atom is 0.413 e. The highest BCUT2D eigenvalue weighted by molar-refractivity contribution is 7.69. The van der Waals surface area contributed by atoms with Gasteiger partial charge < -0.3 is 14.7 Å². The second kappa shape index (κ2) is 4.22. The Kier molecular flexibility index (Phi) is 4.10. The van der Waals surface area contributed by atoms with Crippen molar-refractivity contribution in [2.45, 2.75) is 39.8 Å². The van der Waals surface area contributed by atoms with Gasteiger partial charge in [-0.1, -0.05) is 0 Å². The van der Waals surface area contributed by atoms with Crippen LogP contribution in [0.25, 0.3) is 0 Å². The number of nitrogens with zero attached hydrogens (tertiary/aromatic N) is 1. The van der Waals surface area contributed by atoms with Crippen molar-refractivity contribution >= 4 is 13.2 Å². The van der Waals surface area contributed by atoms with Gasteiger partial charge in [0.15, 0.2) is 0 Å². The van der Waals surface area contributed by atoms with Gasteiger partial charge >= 0.3 is 13.2 Å². The molecular formula is C7H16NO4P. The number of carbonyl (C=O) groups is 1. The second-order valence-electron chi connectivity index (χ2n) is 3.42. The van der Waals surface area contributed by atoms with Crippen molar-refractivity contribution in [3.63, 3.8) is 0 Å². The Morgan fingerprint density at radius 3 is 1.54 bits per heavy atom. The van der Waals surface area contributed by atoms with Gasteiger partial charge in [0.1, 0.15) is 0 Å². The van der Waals surface area contributed by atoms with E-state index in [0.29, 0.717) is 0 Å². The molecule has 0 heterocycles. The SMILES string of the molecule is CC(C)N(C(=O)P(=O)(O)O)C(C)C. The molecule has 0 aromatic heterocycles. The number of carbonyl (C=O) groups excluding carboxylic acids is 1. The van der Waals surface area contributed by atoms with E-state index in [9.17, 15) is 9.36 Å². The Bertz CT molecular complexity index is 225. The summed E-state index contributed by atoms with van der Waals surface area (Å²) in [6.45, 7) is 6.86. The Balaban J connectivity index is 4.78. The fourth-order valence-electron chi connectivity index (χ4n) is 1.19. The van der Waals surface area contributed by atoms with Crippen LogP contribution >= 0.6 is 7.60 Å². The van der Waals surface area contributed by atoms with Gasteiger partial charge in [0, 0.05) is 12.1 Å². The Labute approximate surface area is 77.9 Å². The summed E-state index contributed by atoms with van der Waals surface area (Å²) >= 11 is 0. The lowest BCUT2D eigenvalue weighted by Crippen LogP contribution is -2.40. The highest BCUT2D eigenvalue weighted by Gasteiger charge is 2.34. The van der Waals surface area contributed by atoms with Crippen molar-refractivity contribution < 1.29 is 19.1 Å². The van der Waals surface area contributed by atoms with Crippen LogP contribution in [-0.4, -0.2) is 32.4 Å². The van der Waals surface area contributed by atoms with Crippen molar-refractivity contribution in [3.8, 4) is 0 Å². The van der Waals surface area contributed by atoms with Gasteiger partial charge in [-0.15, -0.1) is 0 Å². The molecule has 0 radical (unpaired) electrons. The van der Waals surface area contributed by atoms with Crippen molar-refractivity contribution in [3.05, 3.63) is 0 Å². The average molecular weight is 209 g/mol.